The van der Waals surface area contributed by atoms with Gasteiger partial charge < -0.3 is 15.6 Å². The summed E-state index contributed by atoms with van der Waals surface area (Å²) in [5, 5.41) is 7.38. The van der Waals surface area contributed by atoms with Gasteiger partial charge in [-0.2, -0.15) is 0 Å². The zero-order chi connectivity index (χ0) is 25.9. The molecule has 5 aliphatic rings. The molecular formula is C32H35N3O3. The first-order valence-corrected chi connectivity index (χ1v) is 14.4. The van der Waals surface area contributed by atoms with Crippen molar-refractivity contribution >= 4 is 34.2 Å². The first kappa shape index (κ1) is 23.7. The minimum atomic E-state index is -0.374. The van der Waals surface area contributed by atoms with Crippen LogP contribution in [0.3, 0.4) is 0 Å². The topological polar surface area (TPSA) is 91.1 Å². The summed E-state index contributed by atoms with van der Waals surface area (Å²) < 4.78 is 0. The van der Waals surface area contributed by atoms with Gasteiger partial charge >= 0.3 is 0 Å². The van der Waals surface area contributed by atoms with Crippen molar-refractivity contribution in [1.29, 1.82) is 0 Å². The lowest BCUT2D eigenvalue weighted by Gasteiger charge is -2.54. The minimum Gasteiger partial charge on any atom is -0.355 e. The van der Waals surface area contributed by atoms with E-state index in [-0.39, 0.29) is 35.1 Å². The number of hydrogen-bond acceptors (Lipinski definition) is 3. The summed E-state index contributed by atoms with van der Waals surface area (Å²) in [6.07, 6.45) is 10.1. The van der Waals surface area contributed by atoms with Crippen LogP contribution < -0.4 is 10.6 Å². The molecule has 2 amide bonds. The van der Waals surface area contributed by atoms with E-state index in [1.165, 1.54) is 19.3 Å². The highest BCUT2D eigenvalue weighted by Crippen LogP contribution is 2.58. The van der Waals surface area contributed by atoms with Gasteiger partial charge in [0.25, 0.3) is 5.91 Å². The van der Waals surface area contributed by atoms with Crippen LogP contribution in [0.5, 0.6) is 0 Å². The Morgan fingerprint density at radius 2 is 1.61 bits per heavy atom. The number of anilines is 1. The quantitative estimate of drug-likeness (QED) is 0.381. The number of aromatic amines is 1. The van der Waals surface area contributed by atoms with Crippen molar-refractivity contribution < 1.29 is 14.4 Å². The zero-order valence-corrected chi connectivity index (χ0v) is 21.7. The maximum absolute atomic E-state index is 13.4. The second kappa shape index (κ2) is 9.11. The summed E-state index contributed by atoms with van der Waals surface area (Å²) in [5.74, 6) is 1.21. The minimum absolute atomic E-state index is 0.00466. The van der Waals surface area contributed by atoms with E-state index >= 15 is 0 Å². The molecule has 5 saturated carbocycles. The number of rotatable bonds is 5. The summed E-state index contributed by atoms with van der Waals surface area (Å²) in [6.45, 7) is 0. The standard InChI is InChI=1S/C32H35N3O3/c36-29-23-12-19-13-24(29)18-32(16-19,17-23)31(38)34-26-9-6-20(7-10-26)28-15-22-14-21(8-11-27(22)35-28)30(37)33-25-4-2-1-3-5-25/h6-11,14-15,19,23-25,35H,1-5,12-13,16-18H2,(H,33,37)(H,34,38). The van der Waals surface area contributed by atoms with Gasteiger partial charge in [-0.25, -0.2) is 0 Å². The lowest BCUT2D eigenvalue weighted by atomic mass is 9.49. The highest BCUT2D eigenvalue weighted by atomic mass is 16.2. The number of hydrogen-bond donors (Lipinski definition) is 3. The van der Waals surface area contributed by atoms with E-state index in [2.05, 4.69) is 21.7 Å². The van der Waals surface area contributed by atoms with Gasteiger partial charge in [0.1, 0.15) is 5.78 Å². The number of H-pyrrole nitrogens is 1. The third-order valence-electron chi connectivity index (χ3n) is 9.75. The van der Waals surface area contributed by atoms with Crippen LogP contribution in [0.1, 0.15) is 74.6 Å². The van der Waals surface area contributed by atoms with Crippen LogP contribution in [0, 0.1) is 23.2 Å². The Labute approximate surface area is 223 Å². The molecule has 3 aromatic rings. The molecule has 0 saturated heterocycles. The van der Waals surface area contributed by atoms with Crippen molar-refractivity contribution in [2.45, 2.75) is 70.3 Å². The molecule has 3 N–H and O–H groups in total. The molecule has 1 aromatic heterocycles. The smallest absolute Gasteiger partial charge is 0.251 e. The average Bonchev–Trinajstić information content (AvgIpc) is 3.36. The Bertz CT molecular complexity index is 1400. The molecule has 6 heteroatoms. The maximum atomic E-state index is 13.4. The molecule has 0 aliphatic heterocycles. The lowest BCUT2D eigenvalue weighted by molar-refractivity contribution is -0.154. The van der Waals surface area contributed by atoms with E-state index in [9.17, 15) is 14.4 Å². The molecule has 1 heterocycles. The fraction of sp³-hybridized carbons (Fsp3) is 0.469. The maximum Gasteiger partial charge on any atom is 0.251 e. The predicted octanol–water partition coefficient (Wildman–Crippen LogP) is 6.23. The summed E-state index contributed by atoms with van der Waals surface area (Å²) in [7, 11) is 0. The molecule has 0 radical (unpaired) electrons. The van der Waals surface area contributed by atoms with Crippen molar-refractivity contribution in [1.82, 2.24) is 10.3 Å². The molecule has 38 heavy (non-hydrogen) atoms. The van der Waals surface area contributed by atoms with E-state index < -0.39 is 0 Å². The van der Waals surface area contributed by atoms with E-state index in [1.54, 1.807) is 0 Å². The van der Waals surface area contributed by atoms with Gasteiger partial charge in [-0.3, -0.25) is 14.4 Å². The number of amides is 2. The van der Waals surface area contributed by atoms with Crippen LogP contribution in [-0.4, -0.2) is 28.6 Å². The Morgan fingerprint density at radius 3 is 2.34 bits per heavy atom. The third-order valence-corrected chi connectivity index (χ3v) is 9.75. The highest BCUT2D eigenvalue weighted by molar-refractivity contribution is 6.00. The Kier molecular flexibility index (Phi) is 5.68. The molecule has 0 spiro atoms. The zero-order valence-electron chi connectivity index (χ0n) is 21.7. The van der Waals surface area contributed by atoms with Gasteiger partial charge in [-0.15, -0.1) is 0 Å². The van der Waals surface area contributed by atoms with E-state index in [1.807, 2.05) is 42.5 Å². The van der Waals surface area contributed by atoms with Crippen LogP contribution in [0.15, 0.2) is 48.5 Å². The number of ketones is 1. The largest absolute Gasteiger partial charge is 0.355 e. The number of benzene rings is 2. The molecule has 5 fully saturated rings. The van der Waals surface area contributed by atoms with Crippen LogP contribution in [0.25, 0.3) is 22.2 Å². The van der Waals surface area contributed by atoms with Crippen molar-refractivity contribution in [3.05, 3.63) is 54.1 Å². The molecule has 8 rings (SSSR count). The van der Waals surface area contributed by atoms with Crippen LogP contribution in [-0.2, 0) is 9.59 Å². The average molecular weight is 510 g/mol. The summed E-state index contributed by atoms with van der Waals surface area (Å²) in [6, 6.07) is 16.1. The number of fused-ring (bicyclic) bond motifs is 1. The van der Waals surface area contributed by atoms with Crippen molar-refractivity contribution in [2.75, 3.05) is 5.32 Å². The van der Waals surface area contributed by atoms with Crippen molar-refractivity contribution in [3.63, 3.8) is 0 Å². The number of nitrogens with one attached hydrogen (secondary N) is 3. The molecule has 5 aliphatic carbocycles. The van der Waals surface area contributed by atoms with Gasteiger partial charge in [0.2, 0.25) is 5.91 Å². The third kappa shape index (κ3) is 4.14. The molecule has 2 atom stereocenters. The van der Waals surface area contributed by atoms with E-state index in [4.69, 9.17) is 0 Å². The Balaban J connectivity index is 1.04. The van der Waals surface area contributed by atoms with Gasteiger partial charge in [0, 0.05) is 45.7 Å². The van der Waals surface area contributed by atoms with Crippen LogP contribution in [0.2, 0.25) is 0 Å². The lowest BCUT2D eigenvalue weighted by Crippen LogP contribution is -2.55. The first-order valence-electron chi connectivity index (χ1n) is 14.4. The molecule has 6 nitrogen and oxygen atoms in total. The van der Waals surface area contributed by atoms with Crippen LogP contribution in [0.4, 0.5) is 5.69 Å². The van der Waals surface area contributed by atoms with E-state index in [0.29, 0.717) is 17.3 Å². The van der Waals surface area contributed by atoms with Gasteiger partial charge in [-0.1, -0.05) is 31.4 Å². The van der Waals surface area contributed by atoms with Gasteiger partial charge in [0.15, 0.2) is 0 Å². The molecule has 196 valence electrons. The van der Waals surface area contributed by atoms with Crippen molar-refractivity contribution in [2.24, 2.45) is 23.2 Å². The first-order chi connectivity index (χ1) is 18.5. The monoisotopic (exact) mass is 509 g/mol. The predicted molar refractivity (Wildman–Crippen MR) is 148 cm³/mol. The normalized spacial score (nSPS) is 28.5. The molecule has 2 aromatic carbocycles. The van der Waals surface area contributed by atoms with Crippen LogP contribution >= 0.6 is 0 Å². The van der Waals surface area contributed by atoms with Gasteiger partial charge in [0.05, 0.1) is 5.41 Å². The number of Topliss-reactive ketones (excluding diaryl/α,β-unsaturated/α-hetero) is 1. The molecule has 4 bridgehead atoms. The van der Waals surface area contributed by atoms with Crippen molar-refractivity contribution in [3.8, 4) is 11.3 Å². The number of carbonyl (C=O) groups excluding carboxylic acids is 3. The Morgan fingerprint density at radius 1 is 0.868 bits per heavy atom. The van der Waals surface area contributed by atoms with E-state index in [0.717, 1.165) is 72.8 Å². The number of carbonyl (C=O) groups is 3. The summed E-state index contributed by atoms with van der Waals surface area (Å²) in [5.41, 5.74) is 4.09. The van der Waals surface area contributed by atoms with Gasteiger partial charge in [-0.05, 0) is 92.8 Å². The summed E-state index contributed by atoms with van der Waals surface area (Å²) >= 11 is 0. The fourth-order valence-electron chi connectivity index (χ4n) is 7.97. The molecule has 2 unspecified atom stereocenters. The second-order valence-corrected chi connectivity index (χ2v) is 12.4. The SMILES string of the molecule is O=C(NC1CCCCC1)c1ccc2[nH]c(-c3ccc(NC(=O)C45CC6CC(C4)C(=O)C(C6)C5)cc3)cc2c1. The number of aromatic nitrogens is 1. The molecular weight excluding hydrogens is 474 g/mol. The summed E-state index contributed by atoms with van der Waals surface area (Å²) in [4.78, 5) is 42.2. The highest BCUT2D eigenvalue weighted by Gasteiger charge is 2.58. The second-order valence-electron chi connectivity index (χ2n) is 12.4. The fourth-order valence-corrected chi connectivity index (χ4v) is 7.97. The Hall–Kier alpha value is -3.41.